The quantitative estimate of drug-likeness (QED) is 0.875. The molecule has 0 spiro atoms. The summed E-state index contributed by atoms with van der Waals surface area (Å²) in [6, 6.07) is 14.5. The van der Waals surface area contributed by atoms with Gasteiger partial charge in [-0.2, -0.15) is 0 Å². The van der Waals surface area contributed by atoms with Crippen molar-refractivity contribution in [3.63, 3.8) is 0 Å². The van der Waals surface area contributed by atoms with Crippen molar-refractivity contribution in [2.24, 2.45) is 0 Å². The largest absolute Gasteiger partial charge is 0.496 e. The minimum absolute atomic E-state index is 0.0217. The average molecular weight is 271 g/mol. The van der Waals surface area contributed by atoms with E-state index in [9.17, 15) is 4.79 Å². The van der Waals surface area contributed by atoms with Gasteiger partial charge in [0, 0.05) is 6.54 Å². The second kappa shape index (κ2) is 6.73. The molecule has 2 aromatic carbocycles. The van der Waals surface area contributed by atoms with Crippen LogP contribution in [0.2, 0.25) is 0 Å². The van der Waals surface area contributed by atoms with Crippen LogP contribution in [0.1, 0.15) is 21.5 Å². The summed E-state index contributed by atoms with van der Waals surface area (Å²) < 4.78 is 5.16. The Balaban J connectivity index is 2.01. The molecule has 20 heavy (non-hydrogen) atoms. The maximum atomic E-state index is 12.1. The van der Waals surface area contributed by atoms with Crippen molar-refractivity contribution in [2.75, 3.05) is 7.11 Å². The standard InChI is InChI=1S/C16H17NO3/c1-20-15-5-3-2-4-14(15)16(19)17-10-12-6-8-13(11-18)9-7-12/h2-9,18H,10-11H2,1H3,(H,17,19). The van der Waals surface area contributed by atoms with Crippen LogP contribution in [0.4, 0.5) is 0 Å². The molecule has 2 aromatic rings. The molecule has 0 aromatic heterocycles. The van der Waals surface area contributed by atoms with Crippen LogP contribution >= 0.6 is 0 Å². The smallest absolute Gasteiger partial charge is 0.255 e. The molecule has 0 heterocycles. The van der Waals surface area contributed by atoms with E-state index >= 15 is 0 Å². The summed E-state index contributed by atoms with van der Waals surface area (Å²) in [5, 5.41) is 11.8. The molecule has 4 nitrogen and oxygen atoms in total. The molecule has 2 N–H and O–H groups in total. The van der Waals surface area contributed by atoms with E-state index in [1.165, 1.54) is 0 Å². The van der Waals surface area contributed by atoms with Crippen molar-refractivity contribution in [3.05, 3.63) is 65.2 Å². The number of hydrogen-bond donors (Lipinski definition) is 2. The second-order valence-electron chi connectivity index (χ2n) is 4.36. The van der Waals surface area contributed by atoms with E-state index in [0.717, 1.165) is 11.1 Å². The molecule has 4 heteroatoms. The lowest BCUT2D eigenvalue weighted by molar-refractivity contribution is 0.0948. The van der Waals surface area contributed by atoms with Crippen LogP contribution in [0, 0.1) is 0 Å². The minimum Gasteiger partial charge on any atom is -0.496 e. The highest BCUT2D eigenvalue weighted by Gasteiger charge is 2.10. The lowest BCUT2D eigenvalue weighted by atomic mass is 10.1. The summed E-state index contributed by atoms with van der Waals surface area (Å²) in [4.78, 5) is 12.1. The Kier molecular flexibility index (Phi) is 4.74. The van der Waals surface area contributed by atoms with E-state index in [1.807, 2.05) is 30.3 Å². The highest BCUT2D eigenvalue weighted by atomic mass is 16.5. The molecule has 0 fully saturated rings. The van der Waals surface area contributed by atoms with Gasteiger partial charge in [0.2, 0.25) is 0 Å². The second-order valence-corrected chi connectivity index (χ2v) is 4.36. The van der Waals surface area contributed by atoms with Crippen LogP contribution in [0.3, 0.4) is 0 Å². The minimum atomic E-state index is -0.173. The number of aliphatic hydroxyl groups is 1. The third-order valence-corrected chi connectivity index (χ3v) is 3.01. The van der Waals surface area contributed by atoms with Crippen LogP contribution in [0.15, 0.2) is 48.5 Å². The predicted molar refractivity (Wildman–Crippen MR) is 76.5 cm³/mol. The molecule has 0 aliphatic carbocycles. The monoisotopic (exact) mass is 271 g/mol. The highest BCUT2D eigenvalue weighted by molar-refractivity contribution is 5.96. The fourth-order valence-electron chi connectivity index (χ4n) is 1.87. The van der Waals surface area contributed by atoms with E-state index in [1.54, 1.807) is 25.3 Å². The molecule has 0 bridgehead atoms. The van der Waals surface area contributed by atoms with Gasteiger partial charge in [-0.3, -0.25) is 4.79 Å². The number of para-hydroxylation sites is 1. The van der Waals surface area contributed by atoms with Crippen molar-refractivity contribution in [2.45, 2.75) is 13.2 Å². The topological polar surface area (TPSA) is 58.6 Å². The third kappa shape index (κ3) is 3.36. The molecule has 2 rings (SSSR count). The number of benzene rings is 2. The molecular weight excluding hydrogens is 254 g/mol. The van der Waals surface area contributed by atoms with Gasteiger partial charge < -0.3 is 15.2 Å². The first kappa shape index (κ1) is 14.1. The Morgan fingerprint density at radius 1 is 1.10 bits per heavy atom. The molecule has 0 aliphatic rings. The van der Waals surface area contributed by atoms with E-state index in [-0.39, 0.29) is 12.5 Å². The number of methoxy groups -OCH3 is 1. The molecule has 1 amide bonds. The van der Waals surface area contributed by atoms with Crippen molar-refractivity contribution in [3.8, 4) is 5.75 Å². The first-order valence-electron chi connectivity index (χ1n) is 6.34. The molecule has 0 atom stereocenters. The zero-order valence-electron chi connectivity index (χ0n) is 11.3. The maximum absolute atomic E-state index is 12.1. The van der Waals surface area contributed by atoms with Crippen LogP contribution < -0.4 is 10.1 Å². The summed E-state index contributed by atoms with van der Waals surface area (Å²) in [5.41, 5.74) is 2.34. The summed E-state index contributed by atoms with van der Waals surface area (Å²) >= 11 is 0. The van der Waals surface area contributed by atoms with E-state index in [4.69, 9.17) is 9.84 Å². The Labute approximate surface area is 118 Å². The SMILES string of the molecule is COc1ccccc1C(=O)NCc1ccc(CO)cc1. The summed E-state index contributed by atoms with van der Waals surface area (Å²) in [6.07, 6.45) is 0. The summed E-state index contributed by atoms with van der Waals surface area (Å²) in [7, 11) is 1.54. The Hall–Kier alpha value is -2.33. The Bertz CT molecular complexity index is 579. The highest BCUT2D eigenvalue weighted by Crippen LogP contribution is 2.17. The Morgan fingerprint density at radius 2 is 1.75 bits per heavy atom. The van der Waals surface area contributed by atoms with Crippen molar-refractivity contribution in [1.29, 1.82) is 0 Å². The molecule has 0 radical (unpaired) electrons. The van der Waals surface area contributed by atoms with Gasteiger partial charge in [-0.1, -0.05) is 36.4 Å². The number of carbonyl (C=O) groups is 1. The van der Waals surface area contributed by atoms with Gasteiger partial charge in [0.05, 0.1) is 19.3 Å². The van der Waals surface area contributed by atoms with Crippen LogP contribution in [0.25, 0.3) is 0 Å². The van der Waals surface area contributed by atoms with Gasteiger partial charge in [-0.25, -0.2) is 0 Å². The van der Waals surface area contributed by atoms with Gasteiger partial charge in [-0.05, 0) is 23.3 Å². The third-order valence-electron chi connectivity index (χ3n) is 3.01. The molecule has 0 aliphatic heterocycles. The predicted octanol–water partition coefficient (Wildman–Crippen LogP) is 2.12. The number of ether oxygens (including phenoxy) is 1. The number of carbonyl (C=O) groups excluding carboxylic acids is 1. The summed E-state index contributed by atoms with van der Waals surface area (Å²) in [6.45, 7) is 0.455. The van der Waals surface area contributed by atoms with Crippen molar-refractivity contribution in [1.82, 2.24) is 5.32 Å². The number of rotatable bonds is 5. The fourth-order valence-corrected chi connectivity index (χ4v) is 1.87. The van der Waals surface area contributed by atoms with Gasteiger partial charge in [0.25, 0.3) is 5.91 Å². The van der Waals surface area contributed by atoms with Crippen molar-refractivity contribution >= 4 is 5.91 Å². The molecule has 0 saturated heterocycles. The van der Waals surface area contributed by atoms with Gasteiger partial charge in [0.15, 0.2) is 0 Å². The van der Waals surface area contributed by atoms with E-state index in [0.29, 0.717) is 17.9 Å². The van der Waals surface area contributed by atoms with Crippen LogP contribution in [-0.2, 0) is 13.2 Å². The van der Waals surface area contributed by atoms with Gasteiger partial charge in [0.1, 0.15) is 5.75 Å². The first-order valence-corrected chi connectivity index (χ1v) is 6.34. The van der Waals surface area contributed by atoms with E-state index < -0.39 is 0 Å². The van der Waals surface area contributed by atoms with E-state index in [2.05, 4.69) is 5.32 Å². The number of amides is 1. The zero-order chi connectivity index (χ0) is 14.4. The fraction of sp³-hybridized carbons (Fsp3) is 0.188. The number of aliphatic hydroxyl groups excluding tert-OH is 1. The van der Waals surface area contributed by atoms with Gasteiger partial charge in [-0.15, -0.1) is 0 Å². The molecule has 104 valence electrons. The van der Waals surface area contributed by atoms with Crippen molar-refractivity contribution < 1.29 is 14.6 Å². The average Bonchev–Trinajstić information content (AvgIpc) is 2.53. The van der Waals surface area contributed by atoms with Crippen LogP contribution in [0.5, 0.6) is 5.75 Å². The van der Waals surface area contributed by atoms with Crippen LogP contribution in [-0.4, -0.2) is 18.1 Å². The molecule has 0 unspecified atom stereocenters. The summed E-state index contributed by atoms with van der Waals surface area (Å²) in [5.74, 6) is 0.384. The molecular formula is C16H17NO3. The Morgan fingerprint density at radius 3 is 2.40 bits per heavy atom. The normalized spacial score (nSPS) is 10.1. The lowest BCUT2D eigenvalue weighted by Crippen LogP contribution is -2.23. The lowest BCUT2D eigenvalue weighted by Gasteiger charge is -2.09. The molecule has 0 saturated carbocycles. The number of hydrogen-bond acceptors (Lipinski definition) is 3. The first-order chi connectivity index (χ1) is 9.74. The maximum Gasteiger partial charge on any atom is 0.255 e. The van der Waals surface area contributed by atoms with Gasteiger partial charge >= 0.3 is 0 Å². The zero-order valence-corrected chi connectivity index (χ0v) is 11.3. The number of nitrogens with one attached hydrogen (secondary N) is 1.